The molecule has 2 N–H and O–H groups in total. The Morgan fingerprint density at radius 1 is 1.18 bits per heavy atom. The van der Waals surface area contributed by atoms with Crippen molar-refractivity contribution >= 4 is 28.9 Å². The van der Waals surface area contributed by atoms with Gasteiger partial charge < -0.3 is 5.73 Å². The zero-order valence-electron chi connectivity index (χ0n) is 13.7. The van der Waals surface area contributed by atoms with Gasteiger partial charge in [0.2, 0.25) is 0 Å². The van der Waals surface area contributed by atoms with Gasteiger partial charge in [0.1, 0.15) is 0 Å². The molecule has 5 heteroatoms. The molecular weight excluding hydrogens is 314 g/mol. The van der Waals surface area contributed by atoms with Crippen molar-refractivity contribution in [3.05, 3.63) is 47.0 Å². The van der Waals surface area contributed by atoms with Crippen LogP contribution in [-0.4, -0.2) is 15.9 Å². The second-order valence-corrected chi connectivity index (χ2v) is 7.74. The van der Waals surface area contributed by atoms with Crippen LogP contribution < -0.4 is 5.73 Å². The molecule has 0 saturated heterocycles. The van der Waals surface area contributed by atoms with Gasteiger partial charge in [0, 0.05) is 30.2 Å². The minimum atomic E-state index is 0. The van der Waals surface area contributed by atoms with Gasteiger partial charge >= 0.3 is 0 Å². The summed E-state index contributed by atoms with van der Waals surface area (Å²) in [5.74, 6) is 0. The van der Waals surface area contributed by atoms with E-state index in [4.69, 9.17) is 5.73 Å². The zero-order chi connectivity index (χ0) is 15.5. The lowest BCUT2D eigenvalue weighted by Gasteiger charge is -2.37. The fourth-order valence-electron chi connectivity index (χ4n) is 2.29. The number of hydrogen-bond acceptors (Lipinski definition) is 4. The molecule has 0 aliphatic heterocycles. The van der Waals surface area contributed by atoms with E-state index in [0.29, 0.717) is 11.2 Å². The summed E-state index contributed by atoms with van der Waals surface area (Å²) in [4.78, 5) is 7.89. The number of rotatable bonds is 5. The first kappa shape index (κ1) is 18.9. The number of anilines is 1. The highest BCUT2D eigenvalue weighted by Crippen LogP contribution is 2.28. The van der Waals surface area contributed by atoms with Crippen LogP contribution in [-0.2, 0) is 13.1 Å². The minimum Gasteiger partial charge on any atom is -0.375 e. The predicted molar refractivity (Wildman–Crippen MR) is 98.4 cm³/mol. The normalized spacial score (nSPS) is 13.0. The summed E-state index contributed by atoms with van der Waals surface area (Å²) in [7, 11) is 0. The Morgan fingerprint density at radius 3 is 2.32 bits per heavy atom. The smallest absolute Gasteiger partial charge is 0.180 e. The first-order valence-electron chi connectivity index (χ1n) is 7.34. The first-order chi connectivity index (χ1) is 9.86. The Morgan fingerprint density at radius 2 is 1.82 bits per heavy atom. The van der Waals surface area contributed by atoms with Gasteiger partial charge in [-0.1, -0.05) is 51.1 Å². The third-order valence-corrected chi connectivity index (χ3v) is 4.77. The van der Waals surface area contributed by atoms with Crippen LogP contribution in [0.3, 0.4) is 0 Å². The van der Waals surface area contributed by atoms with Gasteiger partial charge in [-0.05, 0) is 17.9 Å². The number of nitrogens with zero attached hydrogens (tertiary/aromatic N) is 2. The maximum Gasteiger partial charge on any atom is 0.180 e. The Kier molecular flexibility index (Phi) is 6.85. The number of nitrogens with two attached hydrogens (primary N) is 1. The lowest BCUT2D eigenvalue weighted by molar-refractivity contribution is 0.0990. The topological polar surface area (TPSA) is 42.2 Å². The molecule has 0 aliphatic rings. The van der Waals surface area contributed by atoms with Crippen LogP contribution in [0.4, 0.5) is 5.13 Å². The highest BCUT2D eigenvalue weighted by Gasteiger charge is 2.26. The standard InChI is InChI=1S/C17H25N3S.ClH/c1-13(17(2,3)4)20(11-14-8-6-5-7-9-14)12-15-10-19-16(18)21-15;/h5-10,13H,11-12H2,1-4H3,(H2,18,19);1H. The van der Waals surface area contributed by atoms with Crippen LogP contribution in [0.1, 0.15) is 38.1 Å². The van der Waals surface area contributed by atoms with E-state index in [1.54, 1.807) is 11.3 Å². The van der Waals surface area contributed by atoms with Gasteiger partial charge in [0.05, 0.1) is 0 Å². The molecule has 1 unspecified atom stereocenters. The molecule has 0 bridgehead atoms. The van der Waals surface area contributed by atoms with E-state index in [-0.39, 0.29) is 17.8 Å². The van der Waals surface area contributed by atoms with E-state index in [0.717, 1.165) is 13.1 Å². The number of benzene rings is 1. The van der Waals surface area contributed by atoms with Crippen LogP contribution in [0.15, 0.2) is 36.5 Å². The fourth-order valence-corrected chi connectivity index (χ4v) is 3.00. The Hall–Kier alpha value is -1.10. The Labute approximate surface area is 144 Å². The summed E-state index contributed by atoms with van der Waals surface area (Å²) in [5.41, 5.74) is 7.32. The van der Waals surface area contributed by atoms with E-state index in [9.17, 15) is 0 Å². The van der Waals surface area contributed by atoms with Crippen molar-refractivity contribution in [1.29, 1.82) is 0 Å². The summed E-state index contributed by atoms with van der Waals surface area (Å²) in [6, 6.07) is 11.1. The maximum atomic E-state index is 5.76. The molecule has 1 aromatic heterocycles. The molecule has 1 aromatic carbocycles. The Bertz CT molecular complexity index is 563. The van der Waals surface area contributed by atoms with Crippen LogP contribution >= 0.6 is 23.7 Å². The van der Waals surface area contributed by atoms with E-state index in [2.05, 4.69) is 67.9 Å². The largest absolute Gasteiger partial charge is 0.375 e. The van der Waals surface area contributed by atoms with Gasteiger partial charge in [0.25, 0.3) is 0 Å². The summed E-state index contributed by atoms with van der Waals surface area (Å²) >= 11 is 1.58. The molecule has 0 amide bonds. The second-order valence-electron chi connectivity index (χ2n) is 6.60. The van der Waals surface area contributed by atoms with Crippen LogP contribution in [0, 0.1) is 5.41 Å². The maximum absolute atomic E-state index is 5.76. The molecule has 0 radical (unpaired) electrons. The molecule has 1 atom stereocenters. The van der Waals surface area contributed by atoms with Crippen molar-refractivity contribution < 1.29 is 0 Å². The molecule has 3 nitrogen and oxygen atoms in total. The predicted octanol–water partition coefficient (Wildman–Crippen LogP) is 4.58. The van der Waals surface area contributed by atoms with Crippen LogP contribution in [0.2, 0.25) is 0 Å². The zero-order valence-corrected chi connectivity index (χ0v) is 15.4. The third kappa shape index (κ3) is 5.27. The van der Waals surface area contributed by atoms with Crippen LogP contribution in [0.5, 0.6) is 0 Å². The number of halogens is 1. The molecule has 2 rings (SSSR count). The van der Waals surface area contributed by atoms with Gasteiger partial charge in [-0.25, -0.2) is 4.98 Å². The monoisotopic (exact) mass is 339 g/mol. The van der Waals surface area contributed by atoms with E-state index >= 15 is 0 Å². The average molecular weight is 340 g/mol. The number of hydrogen-bond donors (Lipinski definition) is 1. The molecule has 22 heavy (non-hydrogen) atoms. The van der Waals surface area contributed by atoms with E-state index < -0.39 is 0 Å². The highest BCUT2D eigenvalue weighted by molar-refractivity contribution is 7.15. The SMILES string of the molecule is CC(N(Cc1ccccc1)Cc1cnc(N)s1)C(C)(C)C.Cl. The van der Waals surface area contributed by atoms with Crippen molar-refractivity contribution in [3.63, 3.8) is 0 Å². The molecule has 0 fully saturated rings. The van der Waals surface area contributed by atoms with Crippen molar-refractivity contribution in [2.75, 3.05) is 5.73 Å². The number of nitrogen functional groups attached to an aromatic ring is 1. The number of aromatic nitrogens is 1. The summed E-state index contributed by atoms with van der Waals surface area (Å²) in [6.07, 6.45) is 1.90. The van der Waals surface area contributed by atoms with Gasteiger partial charge in [0.15, 0.2) is 5.13 Å². The molecule has 0 saturated carbocycles. The summed E-state index contributed by atoms with van der Waals surface area (Å²) in [5, 5.41) is 0.646. The summed E-state index contributed by atoms with van der Waals surface area (Å²) < 4.78 is 0. The molecular formula is C17H26ClN3S. The fraction of sp³-hybridized carbons (Fsp3) is 0.471. The van der Waals surface area contributed by atoms with Gasteiger partial charge in [-0.2, -0.15) is 0 Å². The minimum absolute atomic E-state index is 0. The average Bonchev–Trinajstić information content (AvgIpc) is 2.83. The molecule has 0 spiro atoms. The van der Waals surface area contributed by atoms with Crippen molar-refractivity contribution in [2.24, 2.45) is 5.41 Å². The van der Waals surface area contributed by atoms with Gasteiger partial charge in [-0.3, -0.25) is 4.90 Å². The summed E-state index contributed by atoms with van der Waals surface area (Å²) in [6.45, 7) is 11.0. The Balaban J connectivity index is 0.00000242. The lowest BCUT2D eigenvalue weighted by Crippen LogP contribution is -2.40. The molecule has 0 aliphatic carbocycles. The first-order valence-corrected chi connectivity index (χ1v) is 8.16. The molecule has 122 valence electrons. The van der Waals surface area contributed by atoms with Crippen molar-refractivity contribution in [2.45, 2.75) is 46.8 Å². The molecule has 2 aromatic rings. The second kappa shape index (κ2) is 7.95. The molecule has 1 heterocycles. The van der Waals surface area contributed by atoms with E-state index in [1.807, 2.05) is 6.20 Å². The lowest BCUT2D eigenvalue weighted by atomic mass is 9.86. The van der Waals surface area contributed by atoms with Gasteiger partial charge in [-0.15, -0.1) is 23.7 Å². The number of thiazole rings is 1. The van der Waals surface area contributed by atoms with E-state index in [1.165, 1.54) is 10.4 Å². The van der Waals surface area contributed by atoms with Crippen LogP contribution in [0.25, 0.3) is 0 Å². The highest BCUT2D eigenvalue weighted by atomic mass is 35.5. The van der Waals surface area contributed by atoms with Crippen molar-refractivity contribution in [1.82, 2.24) is 9.88 Å². The van der Waals surface area contributed by atoms with Crippen molar-refractivity contribution in [3.8, 4) is 0 Å². The quantitative estimate of drug-likeness (QED) is 0.866. The third-order valence-electron chi connectivity index (χ3n) is 3.96.